The number of benzene rings is 1. The molecule has 2 heterocycles. The number of nitro benzene ring substituents is 1. The van der Waals surface area contributed by atoms with Crippen molar-refractivity contribution >= 4 is 27.0 Å². The van der Waals surface area contributed by atoms with Gasteiger partial charge in [0.1, 0.15) is 12.4 Å². The van der Waals surface area contributed by atoms with Gasteiger partial charge < -0.3 is 4.74 Å². The lowest BCUT2D eigenvalue weighted by molar-refractivity contribution is -0.384. The molecule has 10 heteroatoms. The normalized spacial score (nSPS) is 16.2. The van der Waals surface area contributed by atoms with E-state index in [9.17, 15) is 18.5 Å². The minimum atomic E-state index is -3.45. The Bertz CT molecular complexity index is 950. The number of hydrogen-bond acceptors (Lipinski definition) is 7. The summed E-state index contributed by atoms with van der Waals surface area (Å²) >= 11 is 1.50. The Morgan fingerprint density at radius 2 is 1.89 bits per heavy atom. The molecule has 2 aromatic rings. The highest BCUT2D eigenvalue weighted by Crippen LogP contribution is 2.28. The molecule has 3 rings (SSSR count). The van der Waals surface area contributed by atoms with Crippen LogP contribution in [0.2, 0.25) is 0 Å². The van der Waals surface area contributed by atoms with Crippen LogP contribution in [-0.4, -0.2) is 61.9 Å². The molecule has 0 aliphatic carbocycles. The van der Waals surface area contributed by atoms with Gasteiger partial charge >= 0.3 is 0 Å². The van der Waals surface area contributed by atoms with Crippen molar-refractivity contribution in [2.45, 2.75) is 18.7 Å². The van der Waals surface area contributed by atoms with Gasteiger partial charge in [-0.3, -0.25) is 15.0 Å². The van der Waals surface area contributed by atoms with Crippen molar-refractivity contribution in [3.63, 3.8) is 0 Å². The molecular formula is C18H23N3O5S2. The van der Waals surface area contributed by atoms with E-state index in [0.29, 0.717) is 50.0 Å². The molecule has 0 unspecified atom stereocenters. The molecule has 1 aliphatic rings. The summed E-state index contributed by atoms with van der Waals surface area (Å²) in [5.74, 6) is 0.457. The lowest BCUT2D eigenvalue weighted by Crippen LogP contribution is -2.49. The zero-order valence-electron chi connectivity index (χ0n) is 15.8. The summed E-state index contributed by atoms with van der Waals surface area (Å²) in [6, 6.07) is 7.83. The molecule has 0 spiro atoms. The first-order chi connectivity index (χ1) is 13.3. The zero-order valence-corrected chi connectivity index (χ0v) is 17.5. The fourth-order valence-corrected chi connectivity index (χ4v) is 6.12. The topological polar surface area (TPSA) is 93.0 Å². The molecule has 0 saturated carbocycles. The fraction of sp³-hybridized carbons (Fsp3) is 0.444. The number of piperazine rings is 1. The minimum Gasteiger partial charge on any atom is -0.492 e. The molecule has 1 aromatic carbocycles. The standard InChI is InChI=1S/C18H23N3O5S2/c1-14-12-18(15(2)27-14)28(24,25)20-8-6-19(7-9-20)10-11-26-17-5-3-4-16(13-17)21(22)23/h3-5,12-13H,6-11H2,1-2H3. The molecule has 0 bridgehead atoms. The first-order valence-corrected chi connectivity index (χ1v) is 11.2. The SMILES string of the molecule is Cc1cc(S(=O)(=O)N2CCN(CCOc3cccc([N+](=O)[O-])c3)CC2)c(C)s1. The van der Waals surface area contributed by atoms with Gasteiger partial charge in [0.15, 0.2) is 0 Å². The number of ether oxygens (including phenoxy) is 1. The molecule has 1 aliphatic heterocycles. The maximum absolute atomic E-state index is 12.8. The van der Waals surface area contributed by atoms with Crippen LogP contribution in [0.5, 0.6) is 5.75 Å². The molecule has 28 heavy (non-hydrogen) atoms. The second-order valence-electron chi connectivity index (χ2n) is 6.63. The molecule has 1 aromatic heterocycles. The van der Waals surface area contributed by atoms with E-state index in [0.717, 1.165) is 9.75 Å². The van der Waals surface area contributed by atoms with Crippen molar-refractivity contribution in [1.82, 2.24) is 9.21 Å². The highest BCUT2D eigenvalue weighted by Gasteiger charge is 2.30. The number of non-ortho nitro benzene ring substituents is 1. The van der Waals surface area contributed by atoms with Crippen LogP contribution in [-0.2, 0) is 10.0 Å². The van der Waals surface area contributed by atoms with E-state index in [4.69, 9.17) is 4.74 Å². The van der Waals surface area contributed by atoms with E-state index in [1.807, 2.05) is 13.8 Å². The Hall–Kier alpha value is -2.01. The Labute approximate surface area is 168 Å². The summed E-state index contributed by atoms with van der Waals surface area (Å²) in [4.78, 5) is 14.7. The van der Waals surface area contributed by atoms with Gasteiger partial charge in [-0.2, -0.15) is 4.31 Å². The highest BCUT2D eigenvalue weighted by atomic mass is 32.2. The zero-order chi connectivity index (χ0) is 20.3. The second kappa shape index (κ2) is 8.56. The summed E-state index contributed by atoms with van der Waals surface area (Å²) in [5, 5.41) is 10.8. The number of nitro groups is 1. The maximum atomic E-state index is 12.8. The van der Waals surface area contributed by atoms with Crippen LogP contribution < -0.4 is 4.74 Å². The monoisotopic (exact) mass is 425 g/mol. The molecule has 0 amide bonds. The predicted molar refractivity (Wildman–Crippen MR) is 108 cm³/mol. The van der Waals surface area contributed by atoms with E-state index in [1.54, 1.807) is 22.5 Å². The van der Waals surface area contributed by atoms with E-state index >= 15 is 0 Å². The van der Waals surface area contributed by atoms with E-state index in [2.05, 4.69) is 4.90 Å². The molecule has 1 fully saturated rings. The number of nitrogens with zero attached hydrogens (tertiary/aromatic N) is 3. The first-order valence-electron chi connectivity index (χ1n) is 8.94. The molecule has 152 valence electrons. The number of sulfonamides is 1. The van der Waals surface area contributed by atoms with Gasteiger partial charge in [-0.25, -0.2) is 8.42 Å². The largest absolute Gasteiger partial charge is 0.492 e. The van der Waals surface area contributed by atoms with Gasteiger partial charge in [0.2, 0.25) is 10.0 Å². The second-order valence-corrected chi connectivity index (χ2v) is 9.99. The van der Waals surface area contributed by atoms with E-state index < -0.39 is 14.9 Å². The quantitative estimate of drug-likeness (QED) is 0.500. The Morgan fingerprint density at radius 1 is 1.18 bits per heavy atom. The van der Waals surface area contributed by atoms with Gasteiger partial charge in [-0.15, -0.1) is 11.3 Å². The molecule has 8 nitrogen and oxygen atoms in total. The van der Waals surface area contributed by atoms with Crippen molar-refractivity contribution in [2.24, 2.45) is 0 Å². The van der Waals surface area contributed by atoms with Gasteiger partial charge in [0.05, 0.1) is 15.9 Å². The predicted octanol–water partition coefficient (Wildman–Crippen LogP) is 2.66. The number of aryl methyl sites for hydroxylation is 2. The molecule has 1 saturated heterocycles. The Kier molecular flexibility index (Phi) is 6.33. The third-order valence-electron chi connectivity index (χ3n) is 4.65. The highest BCUT2D eigenvalue weighted by molar-refractivity contribution is 7.89. The summed E-state index contributed by atoms with van der Waals surface area (Å²) < 4.78 is 32.8. The molecule has 0 atom stereocenters. The smallest absolute Gasteiger partial charge is 0.273 e. The first kappa shape index (κ1) is 20.7. The molecule has 0 radical (unpaired) electrons. The average Bonchev–Trinajstić information content (AvgIpc) is 3.01. The molecule has 0 N–H and O–H groups in total. The van der Waals surface area contributed by atoms with Crippen molar-refractivity contribution < 1.29 is 18.1 Å². The van der Waals surface area contributed by atoms with Crippen molar-refractivity contribution in [1.29, 1.82) is 0 Å². The Balaban J connectivity index is 1.50. The fourth-order valence-electron chi connectivity index (χ4n) is 3.18. The van der Waals surface area contributed by atoms with Gasteiger partial charge in [-0.1, -0.05) is 6.07 Å². The van der Waals surface area contributed by atoms with Crippen LogP contribution in [0.15, 0.2) is 35.2 Å². The van der Waals surface area contributed by atoms with Gasteiger partial charge in [0.25, 0.3) is 5.69 Å². The van der Waals surface area contributed by atoms with Crippen LogP contribution in [0.3, 0.4) is 0 Å². The average molecular weight is 426 g/mol. The summed E-state index contributed by atoms with van der Waals surface area (Å²) in [7, 11) is -3.45. The molecular weight excluding hydrogens is 402 g/mol. The minimum absolute atomic E-state index is 0.00437. The maximum Gasteiger partial charge on any atom is 0.273 e. The number of rotatable bonds is 7. The summed E-state index contributed by atoms with van der Waals surface area (Å²) in [5.41, 5.74) is -0.00437. The number of hydrogen-bond donors (Lipinski definition) is 0. The third kappa shape index (κ3) is 4.69. The van der Waals surface area contributed by atoms with Crippen molar-refractivity contribution in [2.75, 3.05) is 39.3 Å². The van der Waals surface area contributed by atoms with Crippen molar-refractivity contribution in [3.05, 3.63) is 50.2 Å². The van der Waals surface area contributed by atoms with E-state index in [1.165, 1.54) is 23.5 Å². The number of thiophene rings is 1. The van der Waals surface area contributed by atoms with Gasteiger partial charge in [0, 0.05) is 48.5 Å². The van der Waals surface area contributed by atoms with E-state index in [-0.39, 0.29) is 5.69 Å². The third-order valence-corrected chi connectivity index (χ3v) is 7.77. The summed E-state index contributed by atoms with van der Waals surface area (Å²) in [6.45, 7) is 6.90. The lowest BCUT2D eigenvalue weighted by atomic mass is 10.3. The van der Waals surface area contributed by atoms with Crippen LogP contribution >= 0.6 is 11.3 Å². The van der Waals surface area contributed by atoms with Crippen LogP contribution in [0, 0.1) is 24.0 Å². The van der Waals surface area contributed by atoms with Crippen LogP contribution in [0.4, 0.5) is 5.69 Å². The van der Waals surface area contributed by atoms with Crippen molar-refractivity contribution in [3.8, 4) is 5.75 Å². The van der Waals surface area contributed by atoms with Crippen LogP contribution in [0.1, 0.15) is 9.75 Å². The Morgan fingerprint density at radius 3 is 2.50 bits per heavy atom. The summed E-state index contributed by atoms with van der Waals surface area (Å²) in [6.07, 6.45) is 0. The van der Waals surface area contributed by atoms with Gasteiger partial charge in [-0.05, 0) is 26.0 Å². The lowest BCUT2D eigenvalue weighted by Gasteiger charge is -2.33. The van der Waals surface area contributed by atoms with Crippen LogP contribution in [0.25, 0.3) is 0 Å².